The van der Waals surface area contributed by atoms with Crippen molar-refractivity contribution < 1.29 is 18.7 Å². The number of amides is 1. The van der Waals surface area contributed by atoms with Gasteiger partial charge in [-0.05, 0) is 60.5 Å². The Morgan fingerprint density at radius 3 is 2.61 bits per heavy atom. The number of carbonyl (C=O) groups excluding carboxylic acids is 1. The lowest BCUT2D eigenvalue weighted by Crippen LogP contribution is -2.29. The second-order valence-electron chi connectivity index (χ2n) is 7.42. The molecule has 2 heterocycles. The number of fused-ring (bicyclic) bond motifs is 2. The Labute approximate surface area is 180 Å². The minimum absolute atomic E-state index is 0.0171. The smallest absolute Gasteiger partial charge is 0.295 e. The normalized spacial score (nSPS) is 15.5. The van der Waals surface area contributed by atoms with Crippen molar-refractivity contribution in [3.05, 3.63) is 104 Å². The molecular formula is C24H15ClFNO4. The van der Waals surface area contributed by atoms with E-state index >= 15 is 0 Å². The number of benzene rings is 3. The van der Waals surface area contributed by atoms with Crippen molar-refractivity contribution in [2.75, 3.05) is 4.90 Å². The SMILES string of the molecule is Cc1ccc(N2C(=O)c3oc4ccc(F)cc4c(=O)c3C2c2cccc(O)c2)cc1Cl. The predicted octanol–water partition coefficient (Wildman–Crippen LogP) is 5.35. The molecule has 1 unspecified atom stereocenters. The molecule has 7 heteroatoms. The van der Waals surface area contributed by atoms with E-state index in [1.54, 1.807) is 30.3 Å². The van der Waals surface area contributed by atoms with Gasteiger partial charge in [0.2, 0.25) is 5.76 Å². The van der Waals surface area contributed by atoms with Gasteiger partial charge >= 0.3 is 0 Å². The highest BCUT2D eigenvalue weighted by molar-refractivity contribution is 6.31. The monoisotopic (exact) mass is 435 g/mol. The Morgan fingerprint density at radius 1 is 1.06 bits per heavy atom. The van der Waals surface area contributed by atoms with E-state index in [2.05, 4.69) is 0 Å². The number of rotatable bonds is 2. The number of carbonyl (C=O) groups is 1. The summed E-state index contributed by atoms with van der Waals surface area (Å²) in [6.07, 6.45) is 0. The number of hydrogen-bond acceptors (Lipinski definition) is 4. The summed E-state index contributed by atoms with van der Waals surface area (Å²) in [6.45, 7) is 1.84. The number of aryl methyl sites for hydroxylation is 1. The van der Waals surface area contributed by atoms with E-state index in [0.717, 1.165) is 11.6 Å². The fraction of sp³-hybridized carbons (Fsp3) is 0.0833. The topological polar surface area (TPSA) is 70.8 Å². The molecule has 0 saturated carbocycles. The third-order valence-electron chi connectivity index (χ3n) is 5.45. The largest absolute Gasteiger partial charge is 0.508 e. The maximum atomic E-state index is 13.8. The lowest BCUT2D eigenvalue weighted by atomic mass is 9.98. The van der Waals surface area contributed by atoms with Crippen molar-refractivity contribution in [2.24, 2.45) is 0 Å². The van der Waals surface area contributed by atoms with Gasteiger partial charge in [0.05, 0.1) is 17.0 Å². The first-order valence-corrected chi connectivity index (χ1v) is 9.88. The van der Waals surface area contributed by atoms with Crippen molar-refractivity contribution in [1.82, 2.24) is 0 Å². The standard InChI is InChI=1S/C24H15ClFNO4/c1-12-5-7-15(11-18(12)25)27-21(13-3-2-4-16(28)9-13)20-22(29)17-10-14(26)6-8-19(17)31-23(20)24(27)30/h2-11,21,28H,1H3. The summed E-state index contributed by atoms with van der Waals surface area (Å²) in [5.41, 5.74) is 1.52. The Morgan fingerprint density at radius 2 is 1.87 bits per heavy atom. The van der Waals surface area contributed by atoms with Crippen LogP contribution in [-0.4, -0.2) is 11.0 Å². The zero-order chi connectivity index (χ0) is 21.9. The molecule has 31 heavy (non-hydrogen) atoms. The van der Waals surface area contributed by atoms with E-state index in [9.17, 15) is 19.1 Å². The summed E-state index contributed by atoms with van der Waals surface area (Å²) in [6, 6.07) is 14.1. The summed E-state index contributed by atoms with van der Waals surface area (Å²) >= 11 is 6.30. The lowest BCUT2D eigenvalue weighted by Gasteiger charge is -2.25. The van der Waals surface area contributed by atoms with Crippen LogP contribution in [0, 0.1) is 12.7 Å². The molecule has 0 fully saturated rings. The maximum Gasteiger partial charge on any atom is 0.295 e. The third-order valence-corrected chi connectivity index (χ3v) is 5.86. The molecule has 0 saturated heterocycles. The number of phenolic OH excluding ortho intramolecular Hbond substituents is 1. The lowest BCUT2D eigenvalue weighted by molar-refractivity contribution is 0.0971. The molecule has 1 aliphatic rings. The summed E-state index contributed by atoms with van der Waals surface area (Å²) < 4.78 is 19.6. The fourth-order valence-corrected chi connectivity index (χ4v) is 4.13. The quantitative estimate of drug-likeness (QED) is 0.460. The van der Waals surface area contributed by atoms with E-state index < -0.39 is 23.2 Å². The summed E-state index contributed by atoms with van der Waals surface area (Å²) in [7, 11) is 0. The van der Waals surface area contributed by atoms with Crippen molar-refractivity contribution >= 4 is 34.2 Å². The first kappa shape index (κ1) is 19.3. The number of aromatic hydroxyl groups is 1. The molecule has 3 aromatic carbocycles. The van der Waals surface area contributed by atoms with Crippen LogP contribution < -0.4 is 10.3 Å². The molecular weight excluding hydrogens is 421 g/mol. The van der Waals surface area contributed by atoms with Crippen LogP contribution in [0.2, 0.25) is 5.02 Å². The number of nitrogens with zero attached hydrogens (tertiary/aromatic N) is 1. The highest BCUT2D eigenvalue weighted by Crippen LogP contribution is 2.42. The summed E-state index contributed by atoms with van der Waals surface area (Å²) in [5.74, 6) is -1.24. The molecule has 0 aliphatic carbocycles. The van der Waals surface area contributed by atoms with E-state index in [1.807, 2.05) is 6.92 Å². The van der Waals surface area contributed by atoms with Gasteiger partial charge in [-0.15, -0.1) is 0 Å². The van der Waals surface area contributed by atoms with Crippen molar-refractivity contribution in [3.8, 4) is 5.75 Å². The van der Waals surface area contributed by atoms with Gasteiger partial charge in [-0.1, -0.05) is 29.8 Å². The van der Waals surface area contributed by atoms with Crippen LogP contribution in [0.5, 0.6) is 5.75 Å². The molecule has 5 nitrogen and oxygen atoms in total. The van der Waals surface area contributed by atoms with Crippen LogP contribution in [-0.2, 0) is 0 Å². The molecule has 1 N–H and O–H groups in total. The van der Waals surface area contributed by atoms with Crippen LogP contribution in [0.25, 0.3) is 11.0 Å². The Balaban J connectivity index is 1.83. The Hall–Kier alpha value is -3.64. The minimum atomic E-state index is -0.878. The Kier molecular flexibility index (Phi) is 4.34. The maximum absolute atomic E-state index is 13.8. The van der Waals surface area contributed by atoms with Gasteiger partial charge in [0, 0.05) is 10.7 Å². The van der Waals surface area contributed by atoms with Gasteiger partial charge in [-0.3, -0.25) is 14.5 Å². The molecule has 4 aromatic rings. The van der Waals surface area contributed by atoms with Gasteiger partial charge in [0.15, 0.2) is 5.43 Å². The summed E-state index contributed by atoms with van der Waals surface area (Å²) in [4.78, 5) is 28.2. The van der Waals surface area contributed by atoms with Gasteiger partial charge in [0.1, 0.15) is 17.1 Å². The van der Waals surface area contributed by atoms with E-state index in [1.165, 1.54) is 29.2 Å². The highest BCUT2D eigenvalue weighted by atomic mass is 35.5. The zero-order valence-electron chi connectivity index (χ0n) is 16.2. The van der Waals surface area contributed by atoms with Gasteiger partial charge in [-0.2, -0.15) is 0 Å². The molecule has 1 aliphatic heterocycles. The first-order valence-electron chi connectivity index (χ1n) is 9.50. The predicted molar refractivity (Wildman–Crippen MR) is 115 cm³/mol. The molecule has 1 aromatic heterocycles. The van der Waals surface area contributed by atoms with Crippen LogP contribution >= 0.6 is 11.6 Å². The zero-order valence-corrected chi connectivity index (χ0v) is 17.0. The third kappa shape index (κ3) is 2.99. The number of anilines is 1. The average Bonchev–Trinajstić information content (AvgIpc) is 3.03. The second-order valence-corrected chi connectivity index (χ2v) is 7.83. The number of halogens is 2. The summed E-state index contributed by atoms with van der Waals surface area (Å²) in [5, 5.41) is 10.5. The molecule has 0 spiro atoms. The molecule has 1 atom stereocenters. The minimum Gasteiger partial charge on any atom is -0.508 e. The second kappa shape index (κ2) is 6.96. The van der Waals surface area contributed by atoms with Crippen molar-refractivity contribution in [3.63, 3.8) is 0 Å². The Bertz CT molecular complexity index is 1450. The van der Waals surface area contributed by atoms with Gasteiger partial charge < -0.3 is 9.52 Å². The molecule has 0 bridgehead atoms. The van der Waals surface area contributed by atoms with E-state index in [4.69, 9.17) is 16.0 Å². The molecule has 0 radical (unpaired) electrons. The fourth-order valence-electron chi connectivity index (χ4n) is 3.95. The molecule has 5 rings (SSSR count). The van der Waals surface area contributed by atoms with Crippen LogP contribution in [0.15, 0.2) is 69.9 Å². The van der Waals surface area contributed by atoms with E-state index in [0.29, 0.717) is 16.3 Å². The van der Waals surface area contributed by atoms with Gasteiger partial charge in [-0.25, -0.2) is 4.39 Å². The molecule has 154 valence electrons. The van der Waals surface area contributed by atoms with Gasteiger partial charge in [0.25, 0.3) is 5.91 Å². The van der Waals surface area contributed by atoms with Crippen LogP contribution in [0.3, 0.4) is 0 Å². The van der Waals surface area contributed by atoms with Crippen LogP contribution in [0.1, 0.15) is 33.3 Å². The van der Waals surface area contributed by atoms with E-state index in [-0.39, 0.29) is 28.0 Å². The first-order chi connectivity index (χ1) is 14.8. The molecule has 1 amide bonds. The highest BCUT2D eigenvalue weighted by Gasteiger charge is 2.43. The number of hydrogen-bond donors (Lipinski definition) is 1. The van der Waals surface area contributed by atoms with Crippen molar-refractivity contribution in [2.45, 2.75) is 13.0 Å². The average molecular weight is 436 g/mol. The van der Waals surface area contributed by atoms with Crippen LogP contribution in [0.4, 0.5) is 10.1 Å². The van der Waals surface area contributed by atoms with Crippen molar-refractivity contribution in [1.29, 1.82) is 0 Å². The number of phenols is 1.